The fraction of sp³-hybridized carbons (Fsp3) is 0. The van der Waals surface area contributed by atoms with Crippen molar-refractivity contribution in [3.8, 4) is 44.5 Å². The molecule has 0 atom stereocenters. The van der Waals surface area contributed by atoms with Crippen molar-refractivity contribution < 1.29 is 0 Å². The van der Waals surface area contributed by atoms with Gasteiger partial charge in [0.1, 0.15) is 0 Å². The molecule has 11 rings (SSSR count). The van der Waals surface area contributed by atoms with Gasteiger partial charge >= 0.3 is 0 Å². The monoisotopic (exact) mass is 816 g/mol. The third kappa shape index (κ3) is 7.59. The summed E-state index contributed by atoms with van der Waals surface area (Å²) in [6.07, 6.45) is 0. The number of rotatable bonds is 10. The predicted octanol–water partition coefficient (Wildman–Crippen LogP) is 17.6. The molecular weight excluding hydrogens is 773 g/mol. The van der Waals surface area contributed by atoms with Crippen LogP contribution in [0.2, 0.25) is 0 Å². The zero-order valence-electron chi connectivity index (χ0n) is 35.3. The zero-order chi connectivity index (χ0) is 42.7. The molecule has 2 nitrogen and oxygen atoms in total. The molecule has 0 N–H and O–H groups in total. The average Bonchev–Trinajstić information content (AvgIpc) is 3.38. The Bertz CT molecular complexity index is 3240. The van der Waals surface area contributed by atoms with Crippen LogP contribution in [0, 0.1) is 0 Å². The van der Waals surface area contributed by atoms with E-state index in [0.717, 1.165) is 45.3 Å². The quantitative estimate of drug-likeness (QED) is 0.127. The molecule has 0 aliphatic heterocycles. The minimum absolute atomic E-state index is 1.09. The normalized spacial score (nSPS) is 11.1. The van der Waals surface area contributed by atoms with Crippen LogP contribution < -0.4 is 9.80 Å². The predicted molar refractivity (Wildman–Crippen MR) is 273 cm³/mol. The SMILES string of the molecule is c1ccc(-c2ccc(N(c3ccc(-c4ccccc4)cc3)c3ccc(-c4cccc(N(c5ccc(-c6ccccc6)cc5)c5cc6ccccc6c6ccccc56)c4)cc3)cc2)cc1. The highest BCUT2D eigenvalue weighted by Crippen LogP contribution is 2.44. The van der Waals surface area contributed by atoms with Crippen molar-refractivity contribution in [1.29, 1.82) is 0 Å². The lowest BCUT2D eigenvalue weighted by molar-refractivity contribution is 1.28. The summed E-state index contributed by atoms with van der Waals surface area (Å²) in [5, 5.41) is 4.91. The smallest absolute Gasteiger partial charge is 0.0546 e. The number of anilines is 6. The van der Waals surface area contributed by atoms with Crippen molar-refractivity contribution in [2.75, 3.05) is 9.80 Å². The van der Waals surface area contributed by atoms with E-state index in [1.165, 1.54) is 54.9 Å². The molecule has 64 heavy (non-hydrogen) atoms. The summed E-state index contributed by atoms with van der Waals surface area (Å²) in [5.41, 5.74) is 16.1. The average molecular weight is 817 g/mol. The van der Waals surface area contributed by atoms with Gasteiger partial charge in [0.15, 0.2) is 0 Å². The van der Waals surface area contributed by atoms with Gasteiger partial charge in [-0.2, -0.15) is 0 Å². The van der Waals surface area contributed by atoms with Gasteiger partial charge in [0, 0.05) is 33.8 Å². The number of fused-ring (bicyclic) bond motifs is 3. The Morgan fingerprint density at radius 1 is 0.188 bits per heavy atom. The van der Waals surface area contributed by atoms with Crippen LogP contribution in [0.25, 0.3) is 66.1 Å². The Morgan fingerprint density at radius 2 is 0.531 bits per heavy atom. The second-order valence-electron chi connectivity index (χ2n) is 16.2. The zero-order valence-corrected chi connectivity index (χ0v) is 35.3. The van der Waals surface area contributed by atoms with Crippen LogP contribution in [0.15, 0.2) is 267 Å². The molecule has 11 aromatic rings. The Balaban J connectivity index is 0.986. The van der Waals surface area contributed by atoms with Crippen LogP contribution in [0.4, 0.5) is 34.1 Å². The molecule has 0 amide bonds. The number of nitrogens with zero attached hydrogens (tertiary/aromatic N) is 2. The van der Waals surface area contributed by atoms with E-state index in [9.17, 15) is 0 Å². The van der Waals surface area contributed by atoms with Gasteiger partial charge < -0.3 is 9.80 Å². The molecule has 0 aliphatic rings. The molecule has 0 spiro atoms. The van der Waals surface area contributed by atoms with Crippen molar-refractivity contribution in [3.05, 3.63) is 267 Å². The van der Waals surface area contributed by atoms with Crippen LogP contribution in [-0.4, -0.2) is 0 Å². The van der Waals surface area contributed by atoms with E-state index in [1.54, 1.807) is 0 Å². The molecule has 0 unspecified atom stereocenters. The second kappa shape index (κ2) is 17.1. The Hall–Kier alpha value is -8.46. The Labute approximate surface area is 375 Å². The van der Waals surface area contributed by atoms with Gasteiger partial charge in [0.05, 0.1) is 5.69 Å². The summed E-state index contributed by atoms with van der Waals surface area (Å²) in [5.74, 6) is 0. The molecule has 0 aliphatic carbocycles. The van der Waals surface area contributed by atoms with Crippen LogP contribution >= 0.6 is 0 Å². The van der Waals surface area contributed by atoms with E-state index in [2.05, 4.69) is 277 Å². The number of hydrogen-bond acceptors (Lipinski definition) is 2. The summed E-state index contributed by atoms with van der Waals surface area (Å²) in [6.45, 7) is 0. The van der Waals surface area contributed by atoms with Gasteiger partial charge in [-0.3, -0.25) is 0 Å². The molecule has 0 saturated heterocycles. The molecule has 302 valence electrons. The van der Waals surface area contributed by atoms with Crippen molar-refractivity contribution in [2.45, 2.75) is 0 Å². The lowest BCUT2D eigenvalue weighted by atomic mass is 9.98. The lowest BCUT2D eigenvalue weighted by Crippen LogP contribution is -2.11. The van der Waals surface area contributed by atoms with Crippen LogP contribution in [-0.2, 0) is 0 Å². The van der Waals surface area contributed by atoms with Gasteiger partial charge in [-0.1, -0.05) is 200 Å². The maximum absolute atomic E-state index is 2.42. The summed E-state index contributed by atoms with van der Waals surface area (Å²) < 4.78 is 0. The Kier molecular flexibility index (Phi) is 10.3. The standard InChI is InChI=1S/C62H44N2/c1-4-15-45(16-5-1)48-27-35-54(36-28-48)63(55-37-29-49(30-38-55)46-17-6-2-7-18-46)56-39-33-51(34-40-56)52-22-14-23-58(43-52)64(57-41-31-50(32-42-57)47-19-8-3-9-20-47)62-44-53-21-10-11-24-59(53)60-25-12-13-26-61(60)62/h1-44H. The first-order valence-electron chi connectivity index (χ1n) is 21.9. The first-order valence-corrected chi connectivity index (χ1v) is 21.9. The van der Waals surface area contributed by atoms with Gasteiger partial charge in [-0.25, -0.2) is 0 Å². The summed E-state index contributed by atoms with van der Waals surface area (Å²) in [7, 11) is 0. The highest BCUT2D eigenvalue weighted by molar-refractivity contribution is 6.14. The first-order chi connectivity index (χ1) is 31.7. The van der Waals surface area contributed by atoms with Crippen LogP contribution in [0.3, 0.4) is 0 Å². The third-order valence-corrected chi connectivity index (χ3v) is 12.2. The van der Waals surface area contributed by atoms with E-state index >= 15 is 0 Å². The van der Waals surface area contributed by atoms with E-state index in [-0.39, 0.29) is 0 Å². The highest BCUT2D eigenvalue weighted by atomic mass is 15.1. The molecular formula is C62H44N2. The van der Waals surface area contributed by atoms with Crippen LogP contribution in [0.1, 0.15) is 0 Å². The fourth-order valence-electron chi connectivity index (χ4n) is 9.02. The van der Waals surface area contributed by atoms with Gasteiger partial charge in [0.2, 0.25) is 0 Å². The summed E-state index contributed by atoms with van der Waals surface area (Å²) in [6, 6.07) is 96.3. The molecule has 2 heteroatoms. The molecule has 0 aromatic heterocycles. The van der Waals surface area contributed by atoms with Crippen molar-refractivity contribution >= 4 is 55.7 Å². The summed E-state index contributed by atoms with van der Waals surface area (Å²) in [4.78, 5) is 4.76. The van der Waals surface area contributed by atoms with E-state index < -0.39 is 0 Å². The largest absolute Gasteiger partial charge is 0.311 e. The van der Waals surface area contributed by atoms with Crippen molar-refractivity contribution in [3.63, 3.8) is 0 Å². The van der Waals surface area contributed by atoms with E-state index in [4.69, 9.17) is 0 Å². The molecule has 0 fully saturated rings. The minimum atomic E-state index is 1.09. The third-order valence-electron chi connectivity index (χ3n) is 12.2. The number of benzene rings is 11. The van der Waals surface area contributed by atoms with Crippen LogP contribution in [0.5, 0.6) is 0 Å². The first kappa shape index (κ1) is 38.5. The van der Waals surface area contributed by atoms with Gasteiger partial charge in [-0.15, -0.1) is 0 Å². The van der Waals surface area contributed by atoms with E-state index in [1.807, 2.05) is 0 Å². The highest BCUT2D eigenvalue weighted by Gasteiger charge is 2.19. The van der Waals surface area contributed by atoms with E-state index in [0.29, 0.717) is 0 Å². The fourth-order valence-corrected chi connectivity index (χ4v) is 9.02. The minimum Gasteiger partial charge on any atom is -0.311 e. The molecule has 0 saturated carbocycles. The maximum atomic E-state index is 2.42. The molecule has 11 aromatic carbocycles. The molecule has 0 bridgehead atoms. The topological polar surface area (TPSA) is 6.48 Å². The molecule has 0 heterocycles. The van der Waals surface area contributed by atoms with Gasteiger partial charge in [0.25, 0.3) is 0 Å². The van der Waals surface area contributed by atoms with Crippen molar-refractivity contribution in [2.24, 2.45) is 0 Å². The number of hydrogen-bond donors (Lipinski definition) is 0. The Morgan fingerprint density at radius 3 is 1.00 bits per heavy atom. The lowest BCUT2D eigenvalue weighted by Gasteiger charge is -2.28. The van der Waals surface area contributed by atoms with Gasteiger partial charge in [-0.05, 0) is 127 Å². The van der Waals surface area contributed by atoms with Crippen molar-refractivity contribution in [1.82, 2.24) is 0 Å². The second-order valence-corrected chi connectivity index (χ2v) is 16.2. The summed E-state index contributed by atoms with van der Waals surface area (Å²) >= 11 is 0. The molecule has 0 radical (unpaired) electrons. The maximum Gasteiger partial charge on any atom is 0.0546 e.